The number of furan rings is 1. The summed E-state index contributed by atoms with van der Waals surface area (Å²) >= 11 is 0. The van der Waals surface area contributed by atoms with Gasteiger partial charge in [-0.2, -0.15) is 0 Å². The van der Waals surface area contributed by atoms with Crippen molar-refractivity contribution in [3.05, 3.63) is 65.5 Å². The van der Waals surface area contributed by atoms with Crippen LogP contribution in [0.25, 0.3) is 21.9 Å². The first-order chi connectivity index (χ1) is 14.4. The van der Waals surface area contributed by atoms with Crippen LogP contribution in [0.2, 0.25) is 0 Å². The van der Waals surface area contributed by atoms with Gasteiger partial charge in [0.05, 0.1) is 24.1 Å². The number of ether oxygens (including phenoxy) is 1. The molecule has 2 amide bonds. The molecule has 0 bridgehead atoms. The predicted molar refractivity (Wildman–Crippen MR) is 115 cm³/mol. The fourth-order valence-corrected chi connectivity index (χ4v) is 3.36. The van der Waals surface area contributed by atoms with Crippen LogP contribution < -0.4 is 10.1 Å². The number of methoxy groups -OCH3 is 1. The van der Waals surface area contributed by atoms with E-state index in [0.29, 0.717) is 28.3 Å². The number of nitrogens with zero attached hydrogens (tertiary/aromatic N) is 2. The minimum Gasteiger partial charge on any atom is -0.495 e. The molecule has 4 rings (SSSR count). The zero-order chi connectivity index (χ0) is 21.4. The Hall–Kier alpha value is -3.87. The van der Waals surface area contributed by atoms with E-state index in [0.717, 1.165) is 16.4 Å². The highest BCUT2D eigenvalue weighted by Gasteiger charge is 2.18. The van der Waals surface area contributed by atoms with Crippen molar-refractivity contribution >= 4 is 39.4 Å². The topological polar surface area (TPSA) is 84.7 Å². The molecule has 7 nitrogen and oxygen atoms in total. The summed E-state index contributed by atoms with van der Waals surface area (Å²) in [6, 6.07) is 14.5. The Balaban J connectivity index is 1.69. The zero-order valence-corrected chi connectivity index (χ0v) is 17.1. The fourth-order valence-electron chi connectivity index (χ4n) is 3.36. The number of nitrogens with one attached hydrogen (secondary N) is 1. The van der Waals surface area contributed by atoms with Crippen LogP contribution in [0.5, 0.6) is 5.75 Å². The third-order valence-electron chi connectivity index (χ3n) is 4.90. The van der Waals surface area contributed by atoms with Gasteiger partial charge in [0.25, 0.3) is 11.8 Å². The van der Waals surface area contributed by atoms with Gasteiger partial charge in [0, 0.05) is 30.9 Å². The summed E-state index contributed by atoms with van der Waals surface area (Å²) in [6.07, 6.45) is 0. The van der Waals surface area contributed by atoms with Crippen molar-refractivity contribution in [2.24, 2.45) is 0 Å². The van der Waals surface area contributed by atoms with E-state index in [-0.39, 0.29) is 17.5 Å². The Morgan fingerprint density at radius 2 is 1.80 bits per heavy atom. The Bertz CT molecular complexity index is 1290. The van der Waals surface area contributed by atoms with Gasteiger partial charge in [-0.25, -0.2) is 4.98 Å². The van der Waals surface area contributed by atoms with E-state index in [2.05, 4.69) is 10.3 Å². The number of benzene rings is 2. The van der Waals surface area contributed by atoms with Crippen molar-refractivity contribution in [3.8, 4) is 5.75 Å². The van der Waals surface area contributed by atoms with E-state index in [1.807, 2.05) is 30.3 Å². The highest BCUT2D eigenvalue weighted by atomic mass is 16.5. The number of fused-ring (bicyclic) bond motifs is 3. The quantitative estimate of drug-likeness (QED) is 0.551. The molecule has 152 valence electrons. The number of carbonyl (C=O) groups is 2. The number of carbonyl (C=O) groups excluding carboxylic acids is 2. The van der Waals surface area contributed by atoms with Gasteiger partial charge in [-0.3, -0.25) is 9.59 Å². The summed E-state index contributed by atoms with van der Waals surface area (Å²) in [5, 5.41) is 4.75. The molecule has 0 aliphatic heterocycles. The van der Waals surface area contributed by atoms with Gasteiger partial charge in [0.15, 0.2) is 0 Å². The molecule has 0 aliphatic rings. The van der Waals surface area contributed by atoms with E-state index in [1.54, 1.807) is 46.3 Å². The molecule has 1 N–H and O–H groups in total. The number of aryl methyl sites for hydroxylation is 1. The van der Waals surface area contributed by atoms with Gasteiger partial charge in [0.1, 0.15) is 22.6 Å². The minimum atomic E-state index is -0.349. The monoisotopic (exact) mass is 403 g/mol. The zero-order valence-electron chi connectivity index (χ0n) is 17.1. The molecular formula is C23H21N3O4. The van der Waals surface area contributed by atoms with Crippen LogP contribution in [0.3, 0.4) is 0 Å². The molecule has 0 aliphatic carbocycles. The normalized spacial score (nSPS) is 10.9. The lowest BCUT2D eigenvalue weighted by Gasteiger charge is -2.13. The van der Waals surface area contributed by atoms with Crippen molar-refractivity contribution < 1.29 is 18.7 Å². The highest BCUT2D eigenvalue weighted by molar-refractivity contribution is 6.10. The third-order valence-corrected chi connectivity index (χ3v) is 4.90. The number of amides is 2. The largest absolute Gasteiger partial charge is 0.495 e. The lowest BCUT2D eigenvalue weighted by atomic mass is 10.1. The van der Waals surface area contributed by atoms with Crippen LogP contribution in [0.15, 0.2) is 52.9 Å². The summed E-state index contributed by atoms with van der Waals surface area (Å²) in [4.78, 5) is 30.7. The Morgan fingerprint density at radius 1 is 1.03 bits per heavy atom. The molecule has 30 heavy (non-hydrogen) atoms. The molecule has 2 heterocycles. The van der Waals surface area contributed by atoms with E-state index >= 15 is 0 Å². The average molecular weight is 403 g/mol. The maximum absolute atomic E-state index is 12.9. The Labute approximate surface area is 173 Å². The van der Waals surface area contributed by atoms with Crippen LogP contribution >= 0.6 is 0 Å². The van der Waals surface area contributed by atoms with Crippen LogP contribution in [-0.2, 0) is 0 Å². The van der Waals surface area contributed by atoms with E-state index in [1.165, 1.54) is 4.90 Å². The second kappa shape index (κ2) is 7.51. The summed E-state index contributed by atoms with van der Waals surface area (Å²) in [5.74, 6) is -0.0490. The Morgan fingerprint density at radius 3 is 2.50 bits per heavy atom. The average Bonchev–Trinajstić information content (AvgIpc) is 3.09. The number of hydrogen-bond acceptors (Lipinski definition) is 5. The molecule has 2 aromatic carbocycles. The maximum atomic E-state index is 12.9. The predicted octanol–water partition coefficient (Wildman–Crippen LogP) is 4.25. The number of hydrogen-bond donors (Lipinski definition) is 1. The summed E-state index contributed by atoms with van der Waals surface area (Å²) in [7, 11) is 4.86. The van der Waals surface area contributed by atoms with Crippen molar-refractivity contribution in [2.45, 2.75) is 6.92 Å². The molecule has 0 unspecified atom stereocenters. The Kier molecular flexibility index (Phi) is 4.87. The minimum absolute atomic E-state index is 0.220. The van der Waals surface area contributed by atoms with Gasteiger partial charge in [0.2, 0.25) is 0 Å². The first-order valence-corrected chi connectivity index (χ1v) is 9.39. The highest BCUT2D eigenvalue weighted by Crippen LogP contribution is 2.36. The molecule has 7 heteroatoms. The first-order valence-electron chi connectivity index (χ1n) is 9.39. The van der Waals surface area contributed by atoms with Crippen LogP contribution in [0, 0.1) is 6.92 Å². The van der Waals surface area contributed by atoms with Gasteiger partial charge >= 0.3 is 0 Å². The van der Waals surface area contributed by atoms with Crippen molar-refractivity contribution in [1.82, 2.24) is 9.88 Å². The molecular weight excluding hydrogens is 382 g/mol. The number of para-hydroxylation sites is 1. The molecule has 2 aromatic heterocycles. The molecule has 4 aromatic rings. The molecule has 0 fully saturated rings. The van der Waals surface area contributed by atoms with E-state index < -0.39 is 0 Å². The van der Waals surface area contributed by atoms with Crippen molar-refractivity contribution in [1.29, 1.82) is 0 Å². The third kappa shape index (κ3) is 3.34. The fraction of sp³-hybridized carbons (Fsp3) is 0.174. The van der Waals surface area contributed by atoms with Crippen LogP contribution in [0.4, 0.5) is 5.69 Å². The first kappa shape index (κ1) is 19.4. The lowest BCUT2D eigenvalue weighted by Crippen LogP contribution is -2.24. The van der Waals surface area contributed by atoms with Gasteiger partial charge < -0.3 is 19.4 Å². The summed E-state index contributed by atoms with van der Waals surface area (Å²) < 4.78 is 11.4. The summed E-state index contributed by atoms with van der Waals surface area (Å²) in [5.41, 5.74) is 3.02. The van der Waals surface area contributed by atoms with Gasteiger partial charge in [-0.15, -0.1) is 0 Å². The molecule has 0 saturated heterocycles. The second-order valence-electron chi connectivity index (χ2n) is 7.13. The molecule has 0 saturated carbocycles. The SMILES string of the molecule is COc1cc2c(cc1NC(=O)c1ccc(C(=O)N(C)C)nc1C)oc1ccccc12. The number of aromatic nitrogens is 1. The number of rotatable bonds is 4. The maximum Gasteiger partial charge on any atom is 0.271 e. The molecule has 0 atom stereocenters. The van der Waals surface area contributed by atoms with Gasteiger partial charge in [-0.1, -0.05) is 18.2 Å². The number of pyridine rings is 1. The smallest absolute Gasteiger partial charge is 0.271 e. The lowest BCUT2D eigenvalue weighted by molar-refractivity contribution is 0.0821. The second-order valence-corrected chi connectivity index (χ2v) is 7.13. The van der Waals surface area contributed by atoms with Crippen LogP contribution in [0.1, 0.15) is 26.5 Å². The van der Waals surface area contributed by atoms with Gasteiger partial charge in [-0.05, 0) is 31.2 Å². The van der Waals surface area contributed by atoms with E-state index in [9.17, 15) is 9.59 Å². The standard InChI is InChI=1S/C23H21N3O4/c1-13-14(9-10-17(24-13)23(28)26(2)3)22(27)25-18-12-20-16(11-21(18)29-4)15-7-5-6-8-19(15)30-20/h5-12H,1-4H3,(H,25,27). The van der Waals surface area contributed by atoms with Crippen LogP contribution in [-0.4, -0.2) is 42.9 Å². The molecule has 0 spiro atoms. The van der Waals surface area contributed by atoms with Crippen molar-refractivity contribution in [2.75, 3.05) is 26.5 Å². The van der Waals surface area contributed by atoms with Crippen molar-refractivity contribution in [3.63, 3.8) is 0 Å². The number of anilines is 1. The van der Waals surface area contributed by atoms with E-state index in [4.69, 9.17) is 9.15 Å². The summed E-state index contributed by atoms with van der Waals surface area (Å²) in [6.45, 7) is 1.70. The molecule has 0 radical (unpaired) electrons.